The Balaban J connectivity index is 1.80. The number of sulfonamides is 1. The second-order valence-electron chi connectivity index (χ2n) is 5.85. The molecule has 3 rings (SSSR count). The van der Waals surface area contributed by atoms with Gasteiger partial charge in [0, 0.05) is 25.7 Å². The highest BCUT2D eigenvalue weighted by Gasteiger charge is 2.26. The molecule has 0 amide bonds. The van der Waals surface area contributed by atoms with Crippen molar-refractivity contribution >= 4 is 21.4 Å². The molecule has 8 heteroatoms. The Morgan fingerprint density at radius 3 is 2.87 bits per heavy atom. The summed E-state index contributed by atoms with van der Waals surface area (Å²) in [5.41, 5.74) is 0.622. The molecule has 0 unspecified atom stereocenters. The normalized spacial score (nSPS) is 19.8. The molecule has 0 saturated carbocycles. The van der Waals surface area contributed by atoms with Crippen molar-refractivity contribution in [2.24, 2.45) is 5.92 Å². The molecule has 23 heavy (non-hydrogen) atoms. The largest absolute Gasteiger partial charge is 0.268 e. The first kappa shape index (κ1) is 16.4. The highest BCUT2D eigenvalue weighted by molar-refractivity contribution is 7.88. The second kappa shape index (κ2) is 6.54. The van der Waals surface area contributed by atoms with Crippen LogP contribution in [0, 0.1) is 5.92 Å². The van der Waals surface area contributed by atoms with Crippen molar-refractivity contribution in [1.82, 2.24) is 14.1 Å². The van der Waals surface area contributed by atoms with Crippen LogP contribution >= 0.6 is 11.3 Å². The molecule has 0 N–H and O–H groups in total. The molecule has 2 aromatic heterocycles. The molecule has 1 aliphatic rings. The average Bonchev–Trinajstić information content (AvgIpc) is 3.03. The van der Waals surface area contributed by atoms with Gasteiger partial charge in [0.1, 0.15) is 5.69 Å². The lowest BCUT2D eigenvalue weighted by Gasteiger charge is -2.30. The van der Waals surface area contributed by atoms with Gasteiger partial charge in [-0.15, -0.1) is 11.3 Å². The molecule has 0 aromatic carbocycles. The lowest BCUT2D eigenvalue weighted by atomic mass is 10.00. The molecular weight excluding hydrogens is 334 g/mol. The number of hydrogen-bond acceptors (Lipinski definition) is 5. The lowest BCUT2D eigenvalue weighted by molar-refractivity contribution is 0.238. The fourth-order valence-corrected chi connectivity index (χ4v) is 4.49. The third-order valence-electron chi connectivity index (χ3n) is 4.02. The summed E-state index contributed by atoms with van der Waals surface area (Å²) >= 11 is 1.57. The van der Waals surface area contributed by atoms with Crippen LogP contribution in [0.5, 0.6) is 0 Å². The fourth-order valence-electron chi connectivity index (χ4n) is 2.86. The molecule has 1 fully saturated rings. The Kier molecular flexibility index (Phi) is 4.65. The molecule has 1 saturated heterocycles. The van der Waals surface area contributed by atoms with E-state index < -0.39 is 10.0 Å². The molecule has 1 aliphatic heterocycles. The minimum Gasteiger partial charge on any atom is -0.268 e. The first-order valence-corrected chi connectivity index (χ1v) is 10.2. The third-order valence-corrected chi connectivity index (χ3v) is 6.18. The zero-order chi connectivity index (χ0) is 16.4. The predicted molar refractivity (Wildman–Crippen MR) is 91.0 cm³/mol. The summed E-state index contributed by atoms with van der Waals surface area (Å²) in [5, 5.41) is 6.41. The van der Waals surface area contributed by atoms with Crippen molar-refractivity contribution in [3.05, 3.63) is 40.0 Å². The summed E-state index contributed by atoms with van der Waals surface area (Å²) in [6.07, 6.45) is 2.96. The van der Waals surface area contributed by atoms with Crippen LogP contribution in [-0.4, -0.2) is 41.8 Å². The highest BCUT2D eigenvalue weighted by Crippen LogP contribution is 2.22. The molecule has 3 heterocycles. The quantitative estimate of drug-likeness (QED) is 0.838. The molecule has 0 radical (unpaired) electrons. The van der Waals surface area contributed by atoms with Gasteiger partial charge in [-0.05, 0) is 36.3 Å². The zero-order valence-corrected chi connectivity index (χ0v) is 14.5. The lowest BCUT2D eigenvalue weighted by Crippen LogP contribution is -2.41. The molecule has 6 nitrogen and oxygen atoms in total. The van der Waals surface area contributed by atoms with E-state index in [4.69, 9.17) is 0 Å². The van der Waals surface area contributed by atoms with Gasteiger partial charge in [-0.1, -0.05) is 6.07 Å². The van der Waals surface area contributed by atoms with Gasteiger partial charge in [-0.2, -0.15) is 5.10 Å². The van der Waals surface area contributed by atoms with Gasteiger partial charge < -0.3 is 0 Å². The summed E-state index contributed by atoms with van der Waals surface area (Å²) in [6, 6.07) is 7.17. The van der Waals surface area contributed by atoms with E-state index in [1.807, 2.05) is 17.5 Å². The monoisotopic (exact) mass is 353 g/mol. The SMILES string of the molecule is CS(=O)(=O)N1CCC[C@@H](Cn2nc(-c3cccs3)ccc2=O)C1. The smallest absolute Gasteiger partial charge is 0.266 e. The summed E-state index contributed by atoms with van der Waals surface area (Å²) < 4.78 is 26.4. The summed E-state index contributed by atoms with van der Waals surface area (Å²) in [6.45, 7) is 1.47. The number of piperidine rings is 1. The van der Waals surface area contributed by atoms with Crippen LogP contribution in [0.1, 0.15) is 12.8 Å². The Hall–Kier alpha value is -1.51. The van der Waals surface area contributed by atoms with Crippen LogP contribution in [0.25, 0.3) is 10.6 Å². The van der Waals surface area contributed by atoms with Crippen LogP contribution in [0.2, 0.25) is 0 Å². The molecule has 0 bridgehead atoms. The Bertz CT molecular complexity index is 828. The van der Waals surface area contributed by atoms with E-state index in [1.165, 1.54) is 21.3 Å². The second-order valence-corrected chi connectivity index (χ2v) is 8.78. The van der Waals surface area contributed by atoms with Crippen molar-refractivity contribution in [2.75, 3.05) is 19.3 Å². The van der Waals surface area contributed by atoms with E-state index in [0.29, 0.717) is 19.6 Å². The summed E-state index contributed by atoms with van der Waals surface area (Å²) in [5.74, 6) is 0.113. The van der Waals surface area contributed by atoms with E-state index in [2.05, 4.69) is 5.10 Å². The number of hydrogen-bond donors (Lipinski definition) is 0. The van der Waals surface area contributed by atoms with E-state index in [0.717, 1.165) is 23.4 Å². The van der Waals surface area contributed by atoms with E-state index in [-0.39, 0.29) is 11.5 Å². The maximum Gasteiger partial charge on any atom is 0.266 e. The van der Waals surface area contributed by atoms with Gasteiger partial charge in [0.05, 0.1) is 11.1 Å². The van der Waals surface area contributed by atoms with E-state index >= 15 is 0 Å². The minimum atomic E-state index is -3.18. The number of nitrogens with zero attached hydrogens (tertiary/aromatic N) is 3. The maximum absolute atomic E-state index is 12.1. The Morgan fingerprint density at radius 1 is 1.35 bits per heavy atom. The van der Waals surface area contributed by atoms with E-state index in [1.54, 1.807) is 17.4 Å². The zero-order valence-electron chi connectivity index (χ0n) is 12.9. The van der Waals surface area contributed by atoms with Crippen molar-refractivity contribution < 1.29 is 8.42 Å². The van der Waals surface area contributed by atoms with Crippen molar-refractivity contribution in [2.45, 2.75) is 19.4 Å². The van der Waals surface area contributed by atoms with Gasteiger partial charge in [0.25, 0.3) is 5.56 Å². The van der Waals surface area contributed by atoms with Gasteiger partial charge in [-0.3, -0.25) is 4.79 Å². The summed E-state index contributed by atoms with van der Waals surface area (Å²) in [4.78, 5) is 13.1. The Labute approximate surface area is 139 Å². The molecular formula is C15H19N3O3S2. The standard InChI is InChI=1S/C15H19N3O3S2/c1-23(20,21)17-8-2-4-12(10-17)11-18-15(19)7-6-13(16-18)14-5-3-9-22-14/h3,5-7,9,12H,2,4,8,10-11H2,1H3/t12-/m1/s1. The molecule has 0 spiro atoms. The molecule has 1 atom stereocenters. The van der Waals surface area contributed by atoms with Crippen LogP contribution in [0.3, 0.4) is 0 Å². The highest BCUT2D eigenvalue weighted by atomic mass is 32.2. The van der Waals surface area contributed by atoms with Crippen LogP contribution in [0.4, 0.5) is 0 Å². The van der Waals surface area contributed by atoms with Gasteiger partial charge >= 0.3 is 0 Å². The topological polar surface area (TPSA) is 72.3 Å². The third kappa shape index (κ3) is 3.88. The van der Waals surface area contributed by atoms with Gasteiger partial charge in [0.2, 0.25) is 10.0 Å². The first-order chi connectivity index (χ1) is 10.9. The Morgan fingerprint density at radius 2 is 2.17 bits per heavy atom. The fraction of sp³-hybridized carbons (Fsp3) is 0.467. The minimum absolute atomic E-state index is 0.113. The van der Waals surface area contributed by atoms with Crippen LogP contribution in [-0.2, 0) is 16.6 Å². The molecule has 2 aromatic rings. The maximum atomic E-state index is 12.1. The molecule has 0 aliphatic carbocycles. The van der Waals surface area contributed by atoms with E-state index in [9.17, 15) is 13.2 Å². The first-order valence-electron chi connectivity index (χ1n) is 7.50. The number of aromatic nitrogens is 2. The van der Waals surface area contributed by atoms with Gasteiger partial charge in [0.15, 0.2) is 0 Å². The van der Waals surface area contributed by atoms with Crippen LogP contribution in [0.15, 0.2) is 34.4 Å². The van der Waals surface area contributed by atoms with Crippen molar-refractivity contribution in [3.8, 4) is 10.6 Å². The number of rotatable bonds is 4. The average molecular weight is 353 g/mol. The van der Waals surface area contributed by atoms with Gasteiger partial charge in [-0.25, -0.2) is 17.4 Å². The summed E-state index contributed by atoms with van der Waals surface area (Å²) in [7, 11) is -3.18. The number of thiophene rings is 1. The van der Waals surface area contributed by atoms with Crippen molar-refractivity contribution in [1.29, 1.82) is 0 Å². The molecule has 124 valence electrons. The van der Waals surface area contributed by atoms with Crippen LogP contribution < -0.4 is 5.56 Å². The van der Waals surface area contributed by atoms with Crippen molar-refractivity contribution in [3.63, 3.8) is 0 Å². The predicted octanol–water partition coefficient (Wildman–Crippen LogP) is 1.64.